The number of halogens is 2. The van der Waals surface area contributed by atoms with Crippen LogP contribution in [0.4, 0.5) is 0 Å². The fourth-order valence-electron chi connectivity index (χ4n) is 2.39. The molecule has 0 amide bonds. The fraction of sp³-hybridized carbons (Fsp3) is 0.294. The summed E-state index contributed by atoms with van der Waals surface area (Å²) < 4.78 is 0. The Morgan fingerprint density at radius 1 is 1.05 bits per heavy atom. The molecule has 2 aromatic carbocycles. The molecule has 106 valence electrons. The van der Waals surface area contributed by atoms with Gasteiger partial charge < -0.3 is 5.32 Å². The lowest BCUT2D eigenvalue weighted by molar-refractivity contribution is 0.627. The first-order chi connectivity index (χ1) is 9.54. The second-order valence-corrected chi connectivity index (χ2v) is 5.77. The van der Waals surface area contributed by atoms with Crippen molar-refractivity contribution in [3.8, 4) is 0 Å². The van der Waals surface area contributed by atoms with E-state index in [4.69, 9.17) is 23.2 Å². The van der Waals surface area contributed by atoms with Crippen LogP contribution in [-0.4, -0.2) is 6.54 Å². The Bertz CT molecular complexity index is 608. The van der Waals surface area contributed by atoms with Crippen LogP contribution >= 0.6 is 23.2 Å². The summed E-state index contributed by atoms with van der Waals surface area (Å²) in [6.07, 6.45) is 0. The largest absolute Gasteiger partial charge is 0.307 e. The number of aryl methyl sites for hydroxylation is 1. The smallest absolute Gasteiger partial charge is 0.0595 e. The molecule has 0 bridgehead atoms. The lowest BCUT2D eigenvalue weighted by Crippen LogP contribution is -2.23. The predicted octanol–water partition coefficient (Wildman–Crippen LogP) is 5.31. The lowest BCUT2D eigenvalue weighted by atomic mass is 9.92. The number of nitrogens with one attached hydrogen (secondary N) is 1. The number of benzene rings is 2. The summed E-state index contributed by atoms with van der Waals surface area (Å²) in [5.41, 5.74) is 5.02. The predicted molar refractivity (Wildman–Crippen MR) is 87.9 cm³/mol. The summed E-state index contributed by atoms with van der Waals surface area (Å²) in [5, 5.41) is 4.71. The highest BCUT2D eigenvalue weighted by Crippen LogP contribution is 2.30. The van der Waals surface area contributed by atoms with E-state index in [-0.39, 0.29) is 6.04 Å². The van der Waals surface area contributed by atoms with Gasteiger partial charge in [-0.05, 0) is 54.8 Å². The first kappa shape index (κ1) is 15.4. The van der Waals surface area contributed by atoms with Gasteiger partial charge in [-0.25, -0.2) is 0 Å². The number of rotatable bonds is 4. The molecule has 1 atom stereocenters. The minimum Gasteiger partial charge on any atom is -0.307 e. The van der Waals surface area contributed by atoms with E-state index in [9.17, 15) is 0 Å². The van der Waals surface area contributed by atoms with Crippen molar-refractivity contribution >= 4 is 23.2 Å². The average Bonchev–Trinajstić information content (AvgIpc) is 2.43. The monoisotopic (exact) mass is 307 g/mol. The molecule has 0 fully saturated rings. The molecule has 20 heavy (non-hydrogen) atoms. The molecule has 1 N–H and O–H groups in total. The maximum Gasteiger partial charge on any atom is 0.0595 e. The highest BCUT2D eigenvalue weighted by atomic mass is 35.5. The second kappa shape index (κ2) is 6.62. The van der Waals surface area contributed by atoms with Crippen molar-refractivity contribution in [1.29, 1.82) is 0 Å². The Morgan fingerprint density at radius 3 is 2.45 bits per heavy atom. The molecule has 0 heterocycles. The number of hydrogen-bond acceptors (Lipinski definition) is 1. The zero-order valence-electron chi connectivity index (χ0n) is 12.0. The van der Waals surface area contributed by atoms with Gasteiger partial charge in [-0.3, -0.25) is 0 Å². The first-order valence-electron chi connectivity index (χ1n) is 6.79. The average molecular weight is 308 g/mol. The van der Waals surface area contributed by atoms with Crippen molar-refractivity contribution in [2.45, 2.75) is 26.8 Å². The SMILES string of the molecule is CCNC(c1ccc(Cl)c(Cl)c1)c1cccc(C)c1C. The van der Waals surface area contributed by atoms with Crippen molar-refractivity contribution in [2.75, 3.05) is 6.54 Å². The molecule has 0 spiro atoms. The number of hydrogen-bond donors (Lipinski definition) is 1. The topological polar surface area (TPSA) is 12.0 Å². The maximum atomic E-state index is 6.16. The van der Waals surface area contributed by atoms with Crippen LogP contribution in [0.25, 0.3) is 0 Å². The van der Waals surface area contributed by atoms with Crippen LogP contribution in [0.2, 0.25) is 10.0 Å². The normalized spacial score (nSPS) is 12.4. The van der Waals surface area contributed by atoms with Crippen LogP contribution in [-0.2, 0) is 0 Å². The third-order valence-electron chi connectivity index (χ3n) is 3.64. The van der Waals surface area contributed by atoms with Crippen LogP contribution in [0.15, 0.2) is 36.4 Å². The second-order valence-electron chi connectivity index (χ2n) is 4.95. The van der Waals surface area contributed by atoms with E-state index >= 15 is 0 Å². The van der Waals surface area contributed by atoms with Gasteiger partial charge in [0.15, 0.2) is 0 Å². The highest BCUT2D eigenvalue weighted by Gasteiger charge is 2.16. The Kier molecular flexibility index (Phi) is 5.09. The Balaban J connectivity index is 2.50. The molecule has 0 radical (unpaired) electrons. The lowest BCUT2D eigenvalue weighted by Gasteiger charge is -2.22. The van der Waals surface area contributed by atoms with Gasteiger partial charge in [0, 0.05) is 0 Å². The fourth-order valence-corrected chi connectivity index (χ4v) is 2.70. The third-order valence-corrected chi connectivity index (χ3v) is 4.38. The Hall–Kier alpha value is -1.02. The van der Waals surface area contributed by atoms with Gasteiger partial charge >= 0.3 is 0 Å². The van der Waals surface area contributed by atoms with E-state index in [1.807, 2.05) is 18.2 Å². The summed E-state index contributed by atoms with van der Waals surface area (Å²) in [4.78, 5) is 0. The molecule has 2 aromatic rings. The van der Waals surface area contributed by atoms with Crippen molar-refractivity contribution in [1.82, 2.24) is 5.32 Å². The molecular weight excluding hydrogens is 289 g/mol. The van der Waals surface area contributed by atoms with E-state index < -0.39 is 0 Å². The molecular formula is C17H19Cl2N. The first-order valence-corrected chi connectivity index (χ1v) is 7.54. The van der Waals surface area contributed by atoms with Gasteiger partial charge in [0.05, 0.1) is 16.1 Å². The van der Waals surface area contributed by atoms with E-state index in [2.05, 4.69) is 44.3 Å². The van der Waals surface area contributed by atoms with Gasteiger partial charge in [0.2, 0.25) is 0 Å². The van der Waals surface area contributed by atoms with Gasteiger partial charge in [0.25, 0.3) is 0 Å². The van der Waals surface area contributed by atoms with E-state index in [1.165, 1.54) is 16.7 Å². The standard InChI is InChI=1S/C17H19Cl2N/c1-4-20-17(13-8-9-15(18)16(19)10-13)14-7-5-6-11(2)12(14)3/h5-10,17,20H,4H2,1-3H3. The Morgan fingerprint density at radius 2 is 1.80 bits per heavy atom. The van der Waals surface area contributed by atoms with Gasteiger partial charge in [-0.15, -0.1) is 0 Å². The van der Waals surface area contributed by atoms with Crippen molar-refractivity contribution in [3.05, 3.63) is 68.7 Å². The van der Waals surface area contributed by atoms with Crippen molar-refractivity contribution < 1.29 is 0 Å². The van der Waals surface area contributed by atoms with Crippen LogP contribution in [0.3, 0.4) is 0 Å². The third kappa shape index (κ3) is 3.17. The molecule has 2 rings (SSSR count). The molecule has 3 heteroatoms. The summed E-state index contributed by atoms with van der Waals surface area (Å²) in [6.45, 7) is 7.29. The zero-order valence-corrected chi connectivity index (χ0v) is 13.5. The zero-order chi connectivity index (χ0) is 14.7. The molecule has 1 unspecified atom stereocenters. The van der Waals surface area contributed by atoms with E-state index in [1.54, 1.807) is 0 Å². The minimum atomic E-state index is 0.134. The molecule has 0 saturated carbocycles. The molecule has 0 aliphatic rings. The van der Waals surface area contributed by atoms with Gasteiger partial charge in [-0.2, -0.15) is 0 Å². The molecule has 0 aliphatic heterocycles. The molecule has 0 aliphatic carbocycles. The summed E-state index contributed by atoms with van der Waals surface area (Å²) in [6, 6.07) is 12.4. The van der Waals surface area contributed by atoms with Crippen molar-refractivity contribution in [2.24, 2.45) is 0 Å². The molecule has 0 aromatic heterocycles. The molecule has 1 nitrogen and oxygen atoms in total. The van der Waals surface area contributed by atoms with Crippen LogP contribution in [0, 0.1) is 13.8 Å². The van der Waals surface area contributed by atoms with Crippen molar-refractivity contribution in [3.63, 3.8) is 0 Å². The Labute approximate surface area is 130 Å². The summed E-state index contributed by atoms with van der Waals surface area (Å²) in [5.74, 6) is 0. The minimum absolute atomic E-state index is 0.134. The van der Waals surface area contributed by atoms with E-state index in [0.717, 1.165) is 12.1 Å². The maximum absolute atomic E-state index is 6.16. The van der Waals surface area contributed by atoms with Gasteiger partial charge in [0.1, 0.15) is 0 Å². The van der Waals surface area contributed by atoms with Crippen LogP contribution < -0.4 is 5.32 Å². The van der Waals surface area contributed by atoms with E-state index in [0.29, 0.717) is 10.0 Å². The quantitative estimate of drug-likeness (QED) is 0.807. The summed E-state index contributed by atoms with van der Waals surface area (Å²) in [7, 11) is 0. The molecule has 0 saturated heterocycles. The highest BCUT2D eigenvalue weighted by molar-refractivity contribution is 6.42. The summed E-state index contributed by atoms with van der Waals surface area (Å²) >= 11 is 12.2. The van der Waals surface area contributed by atoms with Crippen LogP contribution in [0.1, 0.15) is 35.2 Å². The van der Waals surface area contributed by atoms with Crippen LogP contribution in [0.5, 0.6) is 0 Å². The van der Waals surface area contributed by atoms with Gasteiger partial charge in [-0.1, -0.05) is 54.4 Å².